The zero-order valence-electron chi connectivity index (χ0n) is 12.2. The number of hydrogen-bond acceptors (Lipinski definition) is 3. The molecule has 0 fully saturated rings. The van der Waals surface area contributed by atoms with Crippen LogP contribution in [0, 0.1) is 5.92 Å². The summed E-state index contributed by atoms with van der Waals surface area (Å²) in [5, 5.41) is 6.49. The zero-order chi connectivity index (χ0) is 14.5. The largest absolute Gasteiger partial charge is 0.356 e. The Morgan fingerprint density at radius 1 is 1.55 bits per heavy atom. The van der Waals surface area contributed by atoms with E-state index in [0.29, 0.717) is 18.4 Å². The molecule has 1 aliphatic carbocycles. The topological polar surface area (TPSA) is 41.1 Å². The minimum Gasteiger partial charge on any atom is -0.356 e. The van der Waals surface area contributed by atoms with E-state index >= 15 is 0 Å². The second-order valence-corrected chi connectivity index (χ2v) is 8.29. The monoisotopic (exact) mass is 358 g/mol. The molecule has 1 aromatic heterocycles. The quantitative estimate of drug-likeness (QED) is 0.814. The van der Waals surface area contributed by atoms with E-state index in [1.807, 2.05) is 11.3 Å². The second-order valence-electron chi connectivity index (χ2n) is 5.78. The lowest BCUT2D eigenvalue weighted by Crippen LogP contribution is -2.32. The third-order valence-corrected chi connectivity index (χ3v) is 5.25. The molecule has 2 N–H and O–H groups in total. The van der Waals surface area contributed by atoms with E-state index < -0.39 is 0 Å². The van der Waals surface area contributed by atoms with Crippen molar-refractivity contribution in [2.24, 2.45) is 5.92 Å². The van der Waals surface area contributed by atoms with E-state index in [0.717, 1.165) is 13.1 Å². The SMILES string of the molecule is CC(C)CNC(=O)CCNC1CCCc2sc(Br)cc21. The molecule has 20 heavy (non-hydrogen) atoms. The van der Waals surface area contributed by atoms with Crippen molar-refractivity contribution in [1.82, 2.24) is 10.6 Å². The normalized spacial score (nSPS) is 18.1. The fourth-order valence-corrected chi connectivity index (χ4v) is 4.32. The minimum absolute atomic E-state index is 0.147. The van der Waals surface area contributed by atoms with Crippen LogP contribution in [0.25, 0.3) is 0 Å². The number of aryl methyl sites for hydroxylation is 1. The second kappa shape index (κ2) is 7.57. The molecular weight excluding hydrogens is 336 g/mol. The molecule has 2 rings (SSSR count). The van der Waals surface area contributed by atoms with Crippen molar-refractivity contribution in [3.63, 3.8) is 0 Å². The van der Waals surface area contributed by atoms with Gasteiger partial charge in [0.15, 0.2) is 0 Å². The Morgan fingerprint density at radius 2 is 2.35 bits per heavy atom. The number of fused-ring (bicyclic) bond motifs is 1. The first kappa shape index (κ1) is 16.0. The van der Waals surface area contributed by atoms with E-state index in [1.165, 1.54) is 33.5 Å². The number of amides is 1. The van der Waals surface area contributed by atoms with Gasteiger partial charge in [-0.2, -0.15) is 0 Å². The molecule has 0 aliphatic heterocycles. The number of nitrogens with one attached hydrogen (secondary N) is 2. The Kier molecular flexibility index (Phi) is 6.05. The molecular formula is C15H23BrN2OS. The van der Waals surface area contributed by atoms with Crippen LogP contribution < -0.4 is 10.6 Å². The van der Waals surface area contributed by atoms with Gasteiger partial charge in [-0.05, 0) is 52.7 Å². The molecule has 0 spiro atoms. The highest BCUT2D eigenvalue weighted by atomic mass is 79.9. The summed E-state index contributed by atoms with van der Waals surface area (Å²) in [6.45, 7) is 5.73. The van der Waals surface area contributed by atoms with Gasteiger partial charge in [-0.25, -0.2) is 0 Å². The van der Waals surface area contributed by atoms with Crippen molar-refractivity contribution in [3.8, 4) is 0 Å². The highest BCUT2D eigenvalue weighted by Gasteiger charge is 2.22. The molecule has 0 aromatic carbocycles. The van der Waals surface area contributed by atoms with Gasteiger partial charge in [0, 0.05) is 30.4 Å². The van der Waals surface area contributed by atoms with Gasteiger partial charge in [0.05, 0.1) is 3.79 Å². The minimum atomic E-state index is 0.147. The maximum absolute atomic E-state index is 11.7. The molecule has 5 heteroatoms. The zero-order valence-corrected chi connectivity index (χ0v) is 14.6. The van der Waals surface area contributed by atoms with Crippen molar-refractivity contribution < 1.29 is 4.79 Å². The number of rotatable bonds is 6. The molecule has 112 valence electrons. The first-order valence-corrected chi connectivity index (χ1v) is 8.95. The highest BCUT2D eigenvalue weighted by molar-refractivity contribution is 9.11. The first-order chi connectivity index (χ1) is 9.56. The van der Waals surface area contributed by atoms with E-state index in [2.05, 4.69) is 46.5 Å². The average molecular weight is 359 g/mol. The summed E-state index contributed by atoms with van der Waals surface area (Å²) in [5.74, 6) is 0.657. The molecule has 0 saturated heterocycles. The van der Waals surface area contributed by atoms with E-state index in [-0.39, 0.29) is 5.91 Å². The summed E-state index contributed by atoms with van der Waals surface area (Å²) in [5.41, 5.74) is 1.43. The van der Waals surface area contributed by atoms with Crippen molar-refractivity contribution in [1.29, 1.82) is 0 Å². The molecule has 1 amide bonds. The molecule has 0 radical (unpaired) electrons. The van der Waals surface area contributed by atoms with Crippen LogP contribution in [0.1, 0.15) is 49.6 Å². The van der Waals surface area contributed by atoms with Gasteiger partial charge >= 0.3 is 0 Å². The number of carbonyl (C=O) groups excluding carboxylic acids is 1. The van der Waals surface area contributed by atoms with Gasteiger partial charge in [-0.3, -0.25) is 4.79 Å². The summed E-state index contributed by atoms with van der Waals surface area (Å²) in [6, 6.07) is 2.65. The highest BCUT2D eigenvalue weighted by Crippen LogP contribution is 2.37. The van der Waals surface area contributed by atoms with Crippen LogP contribution in [0.2, 0.25) is 0 Å². The Labute approximate surface area is 133 Å². The van der Waals surface area contributed by atoms with Crippen LogP contribution in [-0.2, 0) is 11.2 Å². The summed E-state index contributed by atoms with van der Waals surface area (Å²) in [7, 11) is 0. The fraction of sp³-hybridized carbons (Fsp3) is 0.667. The maximum atomic E-state index is 11.7. The van der Waals surface area contributed by atoms with Gasteiger partial charge in [-0.1, -0.05) is 13.8 Å². The Morgan fingerprint density at radius 3 is 3.10 bits per heavy atom. The van der Waals surface area contributed by atoms with Gasteiger partial charge in [0.2, 0.25) is 5.91 Å². The summed E-state index contributed by atoms with van der Waals surface area (Å²) >= 11 is 5.41. The van der Waals surface area contributed by atoms with Crippen LogP contribution in [-0.4, -0.2) is 19.0 Å². The third kappa shape index (κ3) is 4.57. The molecule has 0 saturated carbocycles. The van der Waals surface area contributed by atoms with Gasteiger partial charge < -0.3 is 10.6 Å². The fourth-order valence-electron chi connectivity index (χ4n) is 2.50. The number of halogens is 1. The maximum Gasteiger partial charge on any atom is 0.221 e. The van der Waals surface area contributed by atoms with Crippen LogP contribution >= 0.6 is 27.3 Å². The van der Waals surface area contributed by atoms with Crippen molar-refractivity contribution in [2.45, 2.75) is 45.6 Å². The van der Waals surface area contributed by atoms with Crippen LogP contribution in [0.3, 0.4) is 0 Å². The Hall–Kier alpha value is -0.390. The van der Waals surface area contributed by atoms with Crippen molar-refractivity contribution >= 4 is 33.2 Å². The van der Waals surface area contributed by atoms with Gasteiger partial charge in [0.1, 0.15) is 0 Å². The summed E-state index contributed by atoms with van der Waals surface area (Å²) in [4.78, 5) is 13.2. The molecule has 1 heterocycles. The van der Waals surface area contributed by atoms with Crippen LogP contribution in [0.4, 0.5) is 0 Å². The summed E-state index contributed by atoms with van der Waals surface area (Å²) in [6.07, 6.45) is 4.16. The molecule has 1 unspecified atom stereocenters. The van der Waals surface area contributed by atoms with Crippen molar-refractivity contribution in [3.05, 3.63) is 20.3 Å². The van der Waals surface area contributed by atoms with Crippen LogP contribution in [0.15, 0.2) is 9.85 Å². The molecule has 3 nitrogen and oxygen atoms in total. The van der Waals surface area contributed by atoms with Crippen LogP contribution in [0.5, 0.6) is 0 Å². The first-order valence-electron chi connectivity index (χ1n) is 7.34. The molecule has 1 atom stereocenters. The lowest BCUT2D eigenvalue weighted by Gasteiger charge is -2.23. The Bertz CT molecular complexity index is 459. The third-order valence-electron chi connectivity index (χ3n) is 3.53. The van der Waals surface area contributed by atoms with E-state index in [9.17, 15) is 4.79 Å². The smallest absolute Gasteiger partial charge is 0.221 e. The predicted octanol–water partition coefficient (Wildman–Crippen LogP) is 3.64. The number of carbonyl (C=O) groups is 1. The van der Waals surface area contributed by atoms with E-state index in [4.69, 9.17) is 0 Å². The van der Waals surface area contributed by atoms with Gasteiger partial charge in [0.25, 0.3) is 0 Å². The van der Waals surface area contributed by atoms with Gasteiger partial charge in [-0.15, -0.1) is 11.3 Å². The molecule has 0 bridgehead atoms. The summed E-state index contributed by atoms with van der Waals surface area (Å²) < 4.78 is 1.21. The average Bonchev–Trinajstić information content (AvgIpc) is 2.77. The molecule has 1 aliphatic rings. The Balaban J connectivity index is 1.76. The van der Waals surface area contributed by atoms with Crippen molar-refractivity contribution in [2.75, 3.05) is 13.1 Å². The lowest BCUT2D eigenvalue weighted by atomic mass is 9.94. The standard InChI is InChI=1S/C15H23BrN2OS/c1-10(2)9-18-15(19)6-7-17-12-4-3-5-13-11(12)8-14(16)20-13/h8,10,12,17H,3-7,9H2,1-2H3,(H,18,19). The van der Waals surface area contributed by atoms with E-state index in [1.54, 1.807) is 0 Å². The number of hydrogen-bond donors (Lipinski definition) is 2. The predicted molar refractivity (Wildman–Crippen MR) is 88.2 cm³/mol. The molecule has 1 aromatic rings. The lowest BCUT2D eigenvalue weighted by molar-refractivity contribution is -0.121. The number of thiophene rings is 1.